The third-order valence-electron chi connectivity index (χ3n) is 4.34. The zero-order valence-electron chi connectivity index (χ0n) is 14.1. The van der Waals surface area contributed by atoms with Crippen molar-refractivity contribution in [2.24, 2.45) is 5.92 Å². The summed E-state index contributed by atoms with van der Waals surface area (Å²) >= 11 is 4.75. The lowest BCUT2D eigenvalue weighted by Crippen LogP contribution is -2.33. The monoisotopic (exact) mass is 442 g/mol. The molecule has 1 aromatic heterocycles. The Bertz CT molecular complexity index is 992. The lowest BCUT2D eigenvalue weighted by Gasteiger charge is -2.18. The topological polar surface area (TPSA) is 75.2 Å². The Labute approximate surface area is 168 Å². The summed E-state index contributed by atoms with van der Waals surface area (Å²) in [5.74, 6) is -1.27. The third-order valence-corrected chi connectivity index (χ3v) is 5.90. The van der Waals surface area contributed by atoms with Gasteiger partial charge >= 0.3 is 0 Å². The highest BCUT2D eigenvalue weighted by Gasteiger charge is 2.38. The molecule has 136 valence electrons. The molecule has 3 aromatic rings. The number of nitrogens with zero attached hydrogens (tertiary/aromatic N) is 3. The molecule has 1 aliphatic heterocycles. The molecule has 2 amide bonds. The molecule has 1 atom stereocenters. The van der Waals surface area contributed by atoms with Gasteiger partial charge in [0.25, 0.3) is 0 Å². The van der Waals surface area contributed by atoms with Crippen molar-refractivity contribution in [2.75, 3.05) is 16.8 Å². The number of anilines is 2. The number of aromatic nitrogens is 2. The first-order chi connectivity index (χ1) is 13.1. The summed E-state index contributed by atoms with van der Waals surface area (Å²) in [5.41, 5.74) is 1.72. The SMILES string of the molecule is O=C(Nc1nnc(-c2ccccc2)s1)C1CCN(c2ccccc2Br)C1=O. The van der Waals surface area contributed by atoms with Crippen LogP contribution in [0, 0.1) is 5.92 Å². The average molecular weight is 443 g/mol. The van der Waals surface area contributed by atoms with E-state index in [9.17, 15) is 9.59 Å². The van der Waals surface area contributed by atoms with Crippen molar-refractivity contribution in [1.29, 1.82) is 0 Å². The van der Waals surface area contributed by atoms with E-state index >= 15 is 0 Å². The highest BCUT2D eigenvalue weighted by molar-refractivity contribution is 9.10. The molecule has 0 spiro atoms. The summed E-state index contributed by atoms with van der Waals surface area (Å²) in [4.78, 5) is 27.0. The van der Waals surface area contributed by atoms with Crippen LogP contribution in [0.3, 0.4) is 0 Å². The van der Waals surface area contributed by atoms with Crippen molar-refractivity contribution in [3.63, 3.8) is 0 Å². The van der Waals surface area contributed by atoms with E-state index in [1.165, 1.54) is 11.3 Å². The van der Waals surface area contributed by atoms with Crippen LogP contribution >= 0.6 is 27.3 Å². The summed E-state index contributed by atoms with van der Waals surface area (Å²) in [6, 6.07) is 17.1. The number of benzene rings is 2. The van der Waals surface area contributed by atoms with E-state index in [-0.39, 0.29) is 11.8 Å². The van der Waals surface area contributed by atoms with Gasteiger partial charge in [0.1, 0.15) is 10.9 Å². The van der Waals surface area contributed by atoms with Crippen molar-refractivity contribution < 1.29 is 9.59 Å². The number of carbonyl (C=O) groups excluding carboxylic acids is 2. The molecule has 6 nitrogen and oxygen atoms in total. The largest absolute Gasteiger partial charge is 0.311 e. The number of hydrogen-bond donors (Lipinski definition) is 1. The van der Waals surface area contributed by atoms with Gasteiger partial charge in [-0.05, 0) is 34.5 Å². The molecule has 0 aliphatic carbocycles. The van der Waals surface area contributed by atoms with Crippen LogP contribution in [0.15, 0.2) is 59.1 Å². The minimum Gasteiger partial charge on any atom is -0.311 e. The number of halogens is 1. The maximum Gasteiger partial charge on any atom is 0.239 e. The van der Waals surface area contributed by atoms with Crippen LogP contribution in [0.2, 0.25) is 0 Å². The molecule has 0 bridgehead atoms. The molecule has 4 rings (SSSR count). The fourth-order valence-corrected chi connectivity index (χ4v) is 4.25. The second kappa shape index (κ2) is 7.58. The van der Waals surface area contributed by atoms with E-state index in [0.29, 0.717) is 18.1 Å². The number of carbonyl (C=O) groups is 2. The van der Waals surface area contributed by atoms with Gasteiger partial charge in [0, 0.05) is 16.6 Å². The Kier molecular flexibility index (Phi) is 5.00. The summed E-state index contributed by atoms with van der Waals surface area (Å²) in [5, 5.41) is 12.0. The maximum atomic E-state index is 12.7. The van der Waals surface area contributed by atoms with Gasteiger partial charge in [0.15, 0.2) is 0 Å². The van der Waals surface area contributed by atoms with Gasteiger partial charge in [-0.25, -0.2) is 0 Å². The van der Waals surface area contributed by atoms with Crippen LogP contribution in [0.1, 0.15) is 6.42 Å². The van der Waals surface area contributed by atoms with Crippen LogP contribution in [0.25, 0.3) is 10.6 Å². The van der Waals surface area contributed by atoms with E-state index in [1.54, 1.807) is 4.90 Å². The normalized spacial score (nSPS) is 16.6. The average Bonchev–Trinajstić information content (AvgIpc) is 3.30. The molecule has 0 radical (unpaired) electrons. The van der Waals surface area contributed by atoms with E-state index in [4.69, 9.17) is 0 Å². The van der Waals surface area contributed by atoms with Crippen LogP contribution in [0.4, 0.5) is 10.8 Å². The van der Waals surface area contributed by atoms with Gasteiger partial charge in [0.05, 0.1) is 5.69 Å². The molecule has 2 aromatic carbocycles. The quantitative estimate of drug-likeness (QED) is 0.620. The van der Waals surface area contributed by atoms with Crippen LogP contribution < -0.4 is 10.2 Å². The molecule has 1 N–H and O–H groups in total. The van der Waals surface area contributed by atoms with Gasteiger partial charge in [-0.1, -0.05) is 53.8 Å². The fraction of sp³-hybridized carbons (Fsp3) is 0.158. The molecular weight excluding hydrogens is 428 g/mol. The molecule has 27 heavy (non-hydrogen) atoms. The lowest BCUT2D eigenvalue weighted by atomic mass is 10.1. The summed E-state index contributed by atoms with van der Waals surface area (Å²) < 4.78 is 0.830. The predicted molar refractivity (Wildman–Crippen MR) is 109 cm³/mol. The Morgan fingerprint density at radius 2 is 1.85 bits per heavy atom. The second-order valence-corrected chi connectivity index (χ2v) is 7.88. The molecule has 1 unspecified atom stereocenters. The zero-order valence-corrected chi connectivity index (χ0v) is 16.5. The van der Waals surface area contributed by atoms with Crippen LogP contribution in [-0.2, 0) is 9.59 Å². The highest BCUT2D eigenvalue weighted by Crippen LogP contribution is 2.32. The number of para-hydroxylation sites is 1. The minimum absolute atomic E-state index is 0.202. The van der Waals surface area contributed by atoms with Crippen LogP contribution in [0.5, 0.6) is 0 Å². The van der Waals surface area contributed by atoms with Crippen molar-refractivity contribution in [3.8, 4) is 10.6 Å². The number of amides is 2. The van der Waals surface area contributed by atoms with Crippen molar-refractivity contribution in [2.45, 2.75) is 6.42 Å². The first-order valence-corrected chi connectivity index (χ1v) is 10.00. The molecule has 2 heterocycles. The van der Waals surface area contributed by atoms with Crippen LogP contribution in [-0.4, -0.2) is 28.6 Å². The smallest absolute Gasteiger partial charge is 0.239 e. The molecule has 1 saturated heterocycles. The third kappa shape index (κ3) is 3.63. The minimum atomic E-state index is -0.721. The molecule has 1 aliphatic rings. The fourth-order valence-electron chi connectivity index (χ4n) is 3.00. The number of nitrogens with one attached hydrogen (secondary N) is 1. The van der Waals surface area contributed by atoms with Crippen molar-refractivity contribution in [3.05, 3.63) is 59.1 Å². The Hall–Kier alpha value is -2.58. The van der Waals surface area contributed by atoms with E-state index in [2.05, 4.69) is 31.4 Å². The van der Waals surface area contributed by atoms with Gasteiger partial charge in [0.2, 0.25) is 16.9 Å². The maximum absolute atomic E-state index is 12.7. The summed E-state index contributed by atoms with van der Waals surface area (Å²) in [7, 11) is 0. The molecule has 0 saturated carbocycles. The first kappa shape index (κ1) is 17.8. The van der Waals surface area contributed by atoms with E-state index in [1.807, 2.05) is 54.6 Å². The summed E-state index contributed by atoms with van der Waals surface area (Å²) in [6.07, 6.45) is 0.469. The standard InChI is InChI=1S/C19H15BrN4O2S/c20-14-8-4-5-9-15(14)24-11-10-13(18(24)26)16(25)21-19-23-22-17(27-19)12-6-2-1-3-7-12/h1-9,13H,10-11H2,(H,21,23,25). The Balaban J connectivity index is 1.46. The van der Waals surface area contributed by atoms with Gasteiger partial charge in [-0.2, -0.15) is 0 Å². The molecular formula is C19H15BrN4O2S. The van der Waals surface area contributed by atoms with E-state index < -0.39 is 5.92 Å². The zero-order chi connectivity index (χ0) is 18.8. The Morgan fingerprint density at radius 3 is 2.63 bits per heavy atom. The number of rotatable bonds is 4. The Morgan fingerprint density at radius 1 is 1.11 bits per heavy atom. The van der Waals surface area contributed by atoms with E-state index in [0.717, 1.165) is 20.7 Å². The number of hydrogen-bond acceptors (Lipinski definition) is 5. The lowest BCUT2D eigenvalue weighted by molar-refractivity contribution is -0.129. The first-order valence-electron chi connectivity index (χ1n) is 8.39. The van der Waals surface area contributed by atoms with Gasteiger partial charge < -0.3 is 4.90 Å². The molecule has 1 fully saturated rings. The highest BCUT2D eigenvalue weighted by atomic mass is 79.9. The predicted octanol–water partition coefficient (Wildman–Crippen LogP) is 3.96. The summed E-state index contributed by atoms with van der Waals surface area (Å²) in [6.45, 7) is 0.505. The van der Waals surface area contributed by atoms with Crippen molar-refractivity contribution in [1.82, 2.24) is 10.2 Å². The molecule has 8 heteroatoms. The second-order valence-electron chi connectivity index (χ2n) is 6.05. The van der Waals surface area contributed by atoms with Crippen molar-refractivity contribution >= 4 is 49.9 Å². The van der Waals surface area contributed by atoms with Gasteiger partial charge in [-0.15, -0.1) is 10.2 Å². The van der Waals surface area contributed by atoms with Gasteiger partial charge in [-0.3, -0.25) is 14.9 Å².